The molecular formula is C30H23NO2. The van der Waals surface area contributed by atoms with Crippen LogP contribution >= 0.6 is 0 Å². The van der Waals surface area contributed by atoms with Gasteiger partial charge in [-0.15, -0.1) is 0 Å². The fourth-order valence-corrected chi connectivity index (χ4v) is 5.56. The number of carbonyl (C=O) groups excluding carboxylic acids is 1. The first-order valence-corrected chi connectivity index (χ1v) is 11.6. The first-order chi connectivity index (χ1) is 16.2. The fraction of sp³-hybridized carbons (Fsp3) is 0.200. The molecule has 0 spiro atoms. The van der Waals surface area contributed by atoms with Crippen molar-refractivity contribution in [3.8, 4) is 6.07 Å². The molecule has 0 heterocycles. The highest BCUT2D eigenvalue weighted by atomic mass is 16.5. The molecule has 0 radical (unpaired) electrons. The molecule has 2 unspecified atom stereocenters. The van der Waals surface area contributed by atoms with Crippen LogP contribution in [0.2, 0.25) is 0 Å². The van der Waals surface area contributed by atoms with Crippen molar-refractivity contribution in [1.29, 1.82) is 5.26 Å². The van der Waals surface area contributed by atoms with Crippen LogP contribution in [0.5, 0.6) is 0 Å². The van der Waals surface area contributed by atoms with Gasteiger partial charge in [0.15, 0.2) is 0 Å². The molecule has 5 aromatic rings. The van der Waals surface area contributed by atoms with Crippen LogP contribution in [-0.2, 0) is 4.74 Å². The molecule has 33 heavy (non-hydrogen) atoms. The zero-order valence-electron chi connectivity index (χ0n) is 18.3. The van der Waals surface area contributed by atoms with Gasteiger partial charge in [-0.3, -0.25) is 0 Å². The van der Waals surface area contributed by atoms with Crippen LogP contribution in [0.3, 0.4) is 0 Å². The lowest BCUT2D eigenvalue weighted by Crippen LogP contribution is -2.29. The van der Waals surface area contributed by atoms with Crippen LogP contribution in [0.25, 0.3) is 32.3 Å². The number of nitrogens with zero attached hydrogens (tertiary/aromatic N) is 1. The normalized spacial score (nSPS) is 18.5. The summed E-state index contributed by atoms with van der Waals surface area (Å²) >= 11 is 0. The summed E-state index contributed by atoms with van der Waals surface area (Å²) < 4.78 is 6.09. The zero-order chi connectivity index (χ0) is 22.4. The van der Waals surface area contributed by atoms with Gasteiger partial charge in [-0.1, -0.05) is 61.0 Å². The summed E-state index contributed by atoms with van der Waals surface area (Å²) in [6.07, 6.45) is 3.93. The summed E-state index contributed by atoms with van der Waals surface area (Å²) in [7, 11) is 0. The van der Waals surface area contributed by atoms with E-state index in [0.29, 0.717) is 11.1 Å². The average Bonchev–Trinajstić information content (AvgIpc) is 2.87. The number of hydrogen-bond donors (Lipinski definition) is 0. The Labute approximate surface area is 192 Å². The summed E-state index contributed by atoms with van der Waals surface area (Å²) in [4.78, 5) is 12.9. The number of carbonyl (C=O) groups is 1. The molecule has 160 valence electrons. The van der Waals surface area contributed by atoms with Crippen LogP contribution in [-0.4, -0.2) is 12.1 Å². The maximum atomic E-state index is 12.9. The van der Waals surface area contributed by atoms with Crippen molar-refractivity contribution < 1.29 is 9.53 Å². The number of rotatable bonds is 3. The second-order valence-corrected chi connectivity index (χ2v) is 9.03. The summed E-state index contributed by atoms with van der Waals surface area (Å²) in [5.41, 5.74) is 2.31. The van der Waals surface area contributed by atoms with E-state index < -0.39 is 0 Å². The average molecular weight is 430 g/mol. The van der Waals surface area contributed by atoms with E-state index in [-0.39, 0.29) is 18.0 Å². The van der Waals surface area contributed by atoms with Gasteiger partial charge in [-0.05, 0) is 81.4 Å². The lowest BCUT2D eigenvalue weighted by atomic mass is 9.78. The van der Waals surface area contributed by atoms with E-state index in [1.165, 1.54) is 37.9 Å². The lowest BCUT2D eigenvalue weighted by Gasteiger charge is -2.32. The number of nitriles is 1. The molecule has 2 atom stereocenters. The molecule has 1 saturated carbocycles. The molecular weight excluding hydrogens is 406 g/mol. The van der Waals surface area contributed by atoms with Crippen molar-refractivity contribution in [3.05, 3.63) is 95.6 Å². The van der Waals surface area contributed by atoms with Gasteiger partial charge in [-0.25, -0.2) is 4.79 Å². The molecule has 5 aromatic carbocycles. The van der Waals surface area contributed by atoms with Crippen LogP contribution in [0.4, 0.5) is 0 Å². The van der Waals surface area contributed by atoms with E-state index in [2.05, 4.69) is 60.7 Å². The van der Waals surface area contributed by atoms with E-state index in [1.54, 1.807) is 24.3 Å². The lowest BCUT2D eigenvalue weighted by molar-refractivity contribution is 0.0144. The van der Waals surface area contributed by atoms with E-state index >= 15 is 0 Å². The van der Waals surface area contributed by atoms with Gasteiger partial charge in [-0.2, -0.15) is 5.26 Å². The van der Waals surface area contributed by atoms with E-state index in [4.69, 9.17) is 10.00 Å². The van der Waals surface area contributed by atoms with E-state index in [0.717, 1.165) is 25.7 Å². The Hall–Kier alpha value is -3.90. The van der Waals surface area contributed by atoms with Gasteiger partial charge in [0.2, 0.25) is 0 Å². The third-order valence-corrected chi connectivity index (χ3v) is 7.17. The highest BCUT2D eigenvalue weighted by Gasteiger charge is 2.31. The standard InChI is InChI=1S/C30H23NO2/c31-18-19-8-10-23(11-9-19)30(32)33-27-7-2-1-6-25(27)24-16-14-22-13-12-20-4-3-5-21-15-17-26(24)29(22)28(20)21/h3-5,8-17,25,27H,1-2,6-7H2. The monoisotopic (exact) mass is 429 g/mol. The van der Waals surface area contributed by atoms with Crippen LogP contribution in [0, 0.1) is 11.3 Å². The Morgan fingerprint density at radius 2 is 1.45 bits per heavy atom. The Kier molecular flexibility index (Phi) is 4.73. The second kappa shape index (κ2) is 7.90. The molecule has 1 aliphatic carbocycles. The Morgan fingerprint density at radius 3 is 2.21 bits per heavy atom. The summed E-state index contributed by atoms with van der Waals surface area (Å²) in [5.74, 6) is -0.139. The van der Waals surface area contributed by atoms with Crippen LogP contribution in [0.1, 0.15) is 53.1 Å². The third-order valence-electron chi connectivity index (χ3n) is 7.17. The van der Waals surface area contributed by atoms with Crippen molar-refractivity contribution in [2.75, 3.05) is 0 Å². The summed E-state index contributed by atoms with van der Waals surface area (Å²) in [6, 6.07) is 28.6. The van der Waals surface area contributed by atoms with Crippen LogP contribution < -0.4 is 0 Å². The largest absolute Gasteiger partial charge is 0.458 e. The topological polar surface area (TPSA) is 50.1 Å². The molecule has 1 fully saturated rings. The molecule has 3 nitrogen and oxygen atoms in total. The van der Waals surface area contributed by atoms with Crippen molar-refractivity contribution in [2.45, 2.75) is 37.7 Å². The molecule has 0 amide bonds. The van der Waals surface area contributed by atoms with Gasteiger partial charge >= 0.3 is 5.97 Å². The molecule has 0 aliphatic heterocycles. The molecule has 0 saturated heterocycles. The van der Waals surface area contributed by atoms with Crippen LogP contribution in [0.15, 0.2) is 78.9 Å². The predicted octanol–water partition coefficient (Wildman–Crippen LogP) is 7.34. The zero-order valence-corrected chi connectivity index (χ0v) is 18.3. The highest BCUT2D eigenvalue weighted by Crippen LogP contribution is 2.42. The van der Waals surface area contributed by atoms with Crippen molar-refractivity contribution in [2.24, 2.45) is 0 Å². The van der Waals surface area contributed by atoms with Crippen molar-refractivity contribution in [1.82, 2.24) is 0 Å². The summed E-state index contributed by atoms with van der Waals surface area (Å²) in [5, 5.41) is 16.7. The first-order valence-electron chi connectivity index (χ1n) is 11.6. The van der Waals surface area contributed by atoms with Crippen molar-refractivity contribution in [3.63, 3.8) is 0 Å². The minimum atomic E-state index is -0.311. The number of hydrogen-bond acceptors (Lipinski definition) is 3. The van der Waals surface area contributed by atoms with Gasteiger partial charge in [0, 0.05) is 5.92 Å². The third kappa shape index (κ3) is 3.31. The highest BCUT2D eigenvalue weighted by molar-refractivity contribution is 6.23. The Balaban J connectivity index is 1.41. The van der Waals surface area contributed by atoms with Gasteiger partial charge in [0.1, 0.15) is 6.10 Å². The second-order valence-electron chi connectivity index (χ2n) is 9.03. The van der Waals surface area contributed by atoms with Crippen molar-refractivity contribution >= 4 is 38.3 Å². The number of ether oxygens (including phenoxy) is 1. The first kappa shape index (κ1) is 19.8. The molecule has 1 aliphatic rings. The summed E-state index contributed by atoms with van der Waals surface area (Å²) in [6.45, 7) is 0. The predicted molar refractivity (Wildman–Crippen MR) is 132 cm³/mol. The Morgan fingerprint density at radius 1 is 0.788 bits per heavy atom. The molecule has 0 aromatic heterocycles. The van der Waals surface area contributed by atoms with Gasteiger partial charge in [0.25, 0.3) is 0 Å². The van der Waals surface area contributed by atoms with E-state index in [1.807, 2.05) is 0 Å². The minimum Gasteiger partial charge on any atom is -0.458 e. The van der Waals surface area contributed by atoms with E-state index in [9.17, 15) is 4.79 Å². The maximum Gasteiger partial charge on any atom is 0.338 e. The fourth-order valence-electron chi connectivity index (χ4n) is 5.56. The molecule has 0 N–H and O–H groups in total. The molecule has 3 heteroatoms. The maximum absolute atomic E-state index is 12.9. The Bertz CT molecular complexity index is 1510. The minimum absolute atomic E-state index is 0.152. The quantitative estimate of drug-likeness (QED) is 0.223. The number of esters is 1. The van der Waals surface area contributed by atoms with Gasteiger partial charge in [0.05, 0.1) is 17.2 Å². The number of benzene rings is 5. The molecule has 6 rings (SSSR count). The smallest absolute Gasteiger partial charge is 0.338 e. The molecule has 0 bridgehead atoms. The SMILES string of the molecule is N#Cc1ccc(C(=O)OC2CCCCC2c2ccc3ccc4cccc5ccc2c3c45)cc1. The van der Waals surface area contributed by atoms with Gasteiger partial charge < -0.3 is 4.74 Å².